The Morgan fingerprint density at radius 1 is 1.15 bits per heavy atom. The molecule has 0 unspecified atom stereocenters. The number of pyridine rings is 1. The lowest BCUT2D eigenvalue weighted by Crippen LogP contribution is -2.11. The minimum atomic E-state index is -4.77. The monoisotopic (exact) mass is 438 g/mol. The van der Waals surface area contributed by atoms with Crippen molar-refractivity contribution < 1.29 is 22.3 Å². The summed E-state index contributed by atoms with van der Waals surface area (Å²) in [6.45, 7) is 0. The molecular formula is C17H9Cl3F4N2O. The maximum Gasteiger partial charge on any atom is 0.432 e. The second-order valence-corrected chi connectivity index (χ2v) is 6.58. The highest BCUT2D eigenvalue weighted by molar-refractivity contribution is 6.40. The number of aromatic nitrogens is 2. The summed E-state index contributed by atoms with van der Waals surface area (Å²) >= 11 is 17.9. The molecule has 0 atom stereocenters. The molecule has 0 aliphatic rings. The minimum Gasteiger partial charge on any atom is -0.454 e. The molecule has 0 bridgehead atoms. The van der Waals surface area contributed by atoms with Gasteiger partial charge in [-0.2, -0.15) is 13.2 Å². The van der Waals surface area contributed by atoms with E-state index in [1.165, 1.54) is 12.4 Å². The Morgan fingerprint density at radius 2 is 1.85 bits per heavy atom. The first kappa shape index (κ1) is 19.8. The average molecular weight is 440 g/mol. The molecule has 0 spiro atoms. The first-order chi connectivity index (χ1) is 12.6. The van der Waals surface area contributed by atoms with Crippen LogP contribution >= 0.6 is 34.8 Å². The average Bonchev–Trinajstić information content (AvgIpc) is 2.80. The van der Waals surface area contributed by atoms with Crippen molar-refractivity contribution in [2.75, 3.05) is 0 Å². The predicted octanol–water partition coefficient (Wildman–Crippen LogP) is 7.00. The van der Waals surface area contributed by atoms with Crippen LogP contribution in [-0.4, -0.2) is 9.55 Å². The number of halogens is 7. The summed E-state index contributed by atoms with van der Waals surface area (Å²) in [5.41, 5.74) is -1.77. The van der Waals surface area contributed by atoms with Gasteiger partial charge in [0.2, 0.25) is 0 Å². The van der Waals surface area contributed by atoms with Crippen molar-refractivity contribution >= 4 is 34.8 Å². The van der Waals surface area contributed by atoms with Crippen LogP contribution in [0.3, 0.4) is 0 Å². The van der Waals surface area contributed by atoms with Gasteiger partial charge in [-0.1, -0.05) is 34.8 Å². The van der Waals surface area contributed by atoms with Crippen molar-refractivity contribution in [3.8, 4) is 22.6 Å². The fraction of sp³-hybridized carbons (Fsp3) is 0.118. The van der Waals surface area contributed by atoms with Gasteiger partial charge in [0.05, 0.1) is 16.2 Å². The number of nitrogens with zero attached hydrogens (tertiary/aromatic N) is 2. The van der Waals surface area contributed by atoms with E-state index < -0.39 is 22.7 Å². The molecule has 3 aromatic rings. The molecule has 27 heavy (non-hydrogen) atoms. The van der Waals surface area contributed by atoms with E-state index in [-0.39, 0.29) is 27.1 Å². The van der Waals surface area contributed by atoms with Gasteiger partial charge in [-0.05, 0) is 24.3 Å². The van der Waals surface area contributed by atoms with Crippen LogP contribution in [0.4, 0.5) is 17.6 Å². The summed E-state index contributed by atoms with van der Waals surface area (Å²) in [5.74, 6) is -0.592. The van der Waals surface area contributed by atoms with Crippen molar-refractivity contribution in [3.63, 3.8) is 0 Å². The van der Waals surface area contributed by atoms with E-state index in [4.69, 9.17) is 39.5 Å². The number of hydrogen-bond donors (Lipinski definition) is 0. The molecule has 0 saturated heterocycles. The molecule has 3 nitrogen and oxygen atoms in total. The topological polar surface area (TPSA) is 27.1 Å². The molecule has 0 amide bonds. The zero-order valence-corrected chi connectivity index (χ0v) is 15.7. The van der Waals surface area contributed by atoms with E-state index in [1.807, 2.05) is 0 Å². The molecular weight excluding hydrogens is 431 g/mol. The Hall–Kier alpha value is -1.96. The lowest BCUT2D eigenvalue weighted by atomic mass is 10.1. The Balaban J connectivity index is 2.17. The summed E-state index contributed by atoms with van der Waals surface area (Å²) in [6, 6.07) is 5.23. The van der Waals surface area contributed by atoms with Crippen molar-refractivity contribution in [2.24, 2.45) is 7.05 Å². The maximum absolute atomic E-state index is 14.5. The van der Waals surface area contributed by atoms with Crippen molar-refractivity contribution in [1.82, 2.24) is 9.55 Å². The summed E-state index contributed by atoms with van der Waals surface area (Å²) in [6.07, 6.45) is -1.86. The highest BCUT2D eigenvalue weighted by Crippen LogP contribution is 2.47. The number of rotatable bonds is 3. The van der Waals surface area contributed by atoms with E-state index in [9.17, 15) is 17.6 Å². The lowest BCUT2D eigenvalue weighted by Gasteiger charge is -2.11. The van der Waals surface area contributed by atoms with Crippen LogP contribution in [0.5, 0.6) is 11.5 Å². The Labute approximate surface area is 166 Å². The van der Waals surface area contributed by atoms with Crippen LogP contribution in [0.25, 0.3) is 11.1 Å². The molecule has 0 aliphatic heterocycles. The van der Waals surface area contributed by atoms with Crippen molar-refractivity contribution in [1.29, 1.82) is 0 Å². The van der Waals surface area contributed by atoms with Crippen LogP contribution in [-0.2, 0) is 13.2 Å². The van der Waals surface area contributed by atoms with Crippen LogP contribution in [0.15, 0.2) is 36.7 Å². The largest absolute Gasteiger partial charge is 0.454 e. The molecule has 142 valence electrons. The van der Waals surface area contributed by atoms with Crippen LogP contribution in [0.2, 0.25) is 15.2 Å². The number of ether oxygens (including phenoxy) is 1. The molecule has 10 heteroatoms. The summed E-state index contributed by atoms with van der Waals surface area (Å²) in [5, 5.41) is -1.18. The van der Waals surface area contributed by atoms with Crippen LogP contribution in [0, 0.1) is 5.82 Å². The van der Waals surface area contributed by atoms with E-state index in [0.29, 0.717) is 10.3 Å². The van der Waals surface area contributed by atoms with Gasteiger partial charge < -0.3 is 9.30 Å². The molecule has 3 rings (SSSR count). The molecule has 2 heterocycles. The maximum atomic E-state index is 14.5. The Morgan fingerprint density at radius 3 is 2.41 bits per heavy atom. The van der Waals surface area contributed by atoms with Gasteiger partial charge in [0, 0.05) is 24.4 Å². The fourth-order valence-electron chi connectivity index (χ4n) is 2.50. The normalized spacial score (nSPS) is 11.7. The zero-order chi connectivity index (χ0) is 19.9. The number of benzene rings is 1. The van der Waals surface area contributed by atoms with Gasteiger partial charge in [-0.3, -0.25) is 4.98 Å². The third-order valence-electron chi connectivity index (χ3n) is 3.69. The second kappa shape index (κ2) is 7.22. The SMILES string of the molecule is Cn1c(Cl)c(-c2cc(Oc3cccnc3)c(Cl)cc2F)c(Cl)c1C(F)(F)F. The first-order valence-corrected chi connectivity index (χ1v) is 8.42. The number of hydrogen-bond acceptors (Lipinski definition) is 2. The standard InChI is InChI=1S/C17H9Cl3F4N2O/c1-26-15(17(22,23)24)14(19)13(16(26)20)9-5-12(10(18)6-11(9)21)27-8-3-2-4-25-7-8/h2-7H,1H3. The number of alkyl halides is 3. The zero-order valence-electron chi connectivity index (χ0n) is 13.4. The quantitative estimate of drug-likeness (QED) is 0.411. The Bertz CT molecular complexity index is 1000. The van der Waals surface area contributed by atoms with Crippen molar-refractivity contribution in [2.45, 2.75) is 6.18 Å². The van der Waals surface area contributed by atoms with E-state index in [0.717, 1.165) is 19.2 Å². The summed E-state index contributed by atoms with van der Waals surface area (Å²) in [7, 11) is 1.08. The first-order valence-electron chi connectivity index (χ1n) is 7.29. The molecule has 2 aromatic heterocycles. The van der Waals surface area contributed by atoms with Gasteiger partial charge in [-0.15, -0.1) is 0 Å². The van der Waals surface area contributed by atoms with Crippen LogP contribution < -0.4 is 4.74 Å². The highest BCUT2D eigenvalue weighted by Gasteiger charge is 2.40. The lowest BCUT2D eigenvalue weighted by molar-refractivity contribution is -0.142. The molecule has 0 N–H and O–H groups in total. The molecule has 0 aliphatic carbocycles. The smallest absolute Gasteiger partial charge is 0.432 e. The predicted molar refractivity (Wildman–Crippen MR) is 95.2 cm³/mol. The van der Waals surface area contributed by atoms with Gasteiger partial charge in [-0.25, -0.2) is 4.39 Å². The third kappa shape index (κ3) is 3.72. The van der Waals surface area contributed by atoms with E-state index >= 15 is 0 Å². The van der Waals surface area contributed by atoms with Gasteiger partial charge in [0.15, 0.2) is 0 Å². The third-order valence-corrected chi connectivity index (χ3v) is 4.79. The molecule has 0 saturated carbocycles. The fourth-order valence-corrected chi connectivity index (χ4v) is 3.44. The summed E-state index contributed by atoms with van der Waals surface area (Å²) in [4.78, 5) is 3.87. The van der Waals surface area contributed by atoms with Gasteiger partial charge >= 0.3 is 6.18 Å². The molecule has 1 aromatic carbocycles. The molecule has 0 fully saturated rings. The second-order valence-electron chi connectivity index (χ2n) is 5.44. The molecule has 0 radical (unpaired) electrons. The van der Waals surface area contributed by atoms with Gasteiger partial charge in [0.1, 0.15) is 28.2 Å². The highest BCUT2D eigenvalue weighted by atomic mass is 35.5. The van der Waals surface area contributed by atoms with E-state index in [1.54, 1.807) is 12.1 Å². The van der Waals surface area contributed by atoms with Crippen LogP contribution in [0.1, 0.15) is 5.69 Å². The van der Waals surface area contributed by atoms with E-state index in [2.05, 4.69) is 4.98 Å². The Kier molecular flexibility index (Phi) is 5.29. The summed E-state index contributed by atoms with van der Waals surface area (Å²) < 4.78 is 60.4. The van der Waals surface area contributed by atoms with Crippen molar-refractivity contribution in [3.05, 3.63) is 63.4 Å². The minimum absolute atomic E-state index is 0.00520. The van der Waals surface area contributed by atoms with Gasteiger partial charge in [0.25, 0.3) is 0 Å².